The number of fused-ring (bicyclic) bond motifs is 1. The van der Waals surface area contributed by atoms with Gasteiger partial charge in [0, 0.05) is 18.8 Å². The van der Waals surface area contributed by atoms with E-state index in [4.69, 9.17) is 0 Å². The monoisotopic (exact) mass is 341 g/mol. The fourth-order valence-electron chi connectivity index (χ4n) is 3.51. The van der Waals surface area contributed by atoms with Gasteiger partial charge in [0.25, 0.3) is 0 Å². The van der Waals surface area contributed by atoms with Crippen LogP contribution >= 0.6 is 0 Å². The molecule has 130 valence electrons. The van der Waals surface area contributed by atoms with Crippen molar-refractivity contribution in [2.45, 2.75) is 33.9 Å². The second-order valence-corrected chi connectivity index (χ2v) is 7.09. The molecule has 3 aromatic carbocycles. The molecule has 4 rings (SSSR count). The summed E-state index contributed by atoms with van der Waals surface area (Å²) in [6.07, 6.45) is 0. The van der Waals surface area contributed by atoms with E-state index in [0.29, 0.717) is 0 Å². The molecular formula is C23H23N3. The van der Waals surface area contributed by atoms with Gasteiger partial charge >= 0.3 is 0 Å². The maximum absolute atomic E-state index is 4.52. The standard InChI is InChI=1S/C23H23N3/c1-16-8-10-21(11-9-16)24-25-23-17(2)12-22(13-18(23)3)26-14-19-6-4-5-7-20(19)15-26/h4-13H,14-15H2,1-3H3. The normalized spacial score (nSPS) is 13.4. The summed E-state index contributed by atoms with van der Waals surface area (Å²) in [5.74, 6) is 0. The number of aryl methyl sites for hydroxylation is 3. The molecule has 0 saturated heterocycles. The van der Waals surface area contributed by atoms with E-state index >= 15 is 0 Å². The van der Waals surface area contributed by atoms with Crippen molar-refractivity contribution in [2.75, 3.05) is 4.90 Å². The minimum absolute atomic E-state index is 0.883. The molecule has 0 fully saturated rings. The summed E-state index contributed by atoms with van der Waals surface area (Å²) >= 11 is 0. The lowest BCUT2D eigenvalue weighted by molar-refractivity contribution is 0.878. The van der Waals surface area contributed by atoms with E-state index in [1.165, 1.54) is 22.4 Å². The first-order valence-electron chi connectivity index (χ1n) is 9.01. The third kappa shape index (κ3) is 3.25. The van der Waals surface area contributed by atoms with Gasteiger partial charge in [-0.25, -0.2) is 0 Å². The summed E-state index contributed by atoms with van der Waals surface area (Å²) in [4.78, 5) is 2.42. The Labute approximate surface area is 155 Å². The van der Waals surface area contributed by atoms with E-state index in [1.54, 1.807) is 0 Å². The molecule has 3 aromatic rings. The molecule has 3 nitrogen and oxygen atoms in total. The van der Waals surface area contributed by atoms with Gasteiger partial charge in [0.1, 0.15) is 0 Å². The molecule has 1 aliphatic heterocycles. The minimum Gasteiger partial charge on any atom is -0.363 e. The van der Waals surface area contributed by atoms with Gasteiger partial charge in [-0.2, -0.15) is 10.2 Å². The molecule has 0 saturated carbocycles. The molecule has 0 aromatic heterocycles. The van der Waals surface area contributed by atoms with Crippen LogP contribution in [0.25, 0.3) is 0 Å². The Morgan fingerprint density at radius 2 is 1.31 bits per heavy atom. The quantitative estimate of drug-likeness (QED) is 0.497. The molecule has 1 aliphatic rings. The predicted molar refractivity (Wildman–Crippen MR) is 108 cm³/mol. The van der Waals surface area contributed by atoms with Crippen molar-refractivity contribution >= 4 is 17.1 Å². The molecule has 0 unspecified atom stereocenters. The number of hydrogen-bond donors (Lipinski definition) is 0. The van der Waals surface area contributed by atoms with Crippen LogP contribution < -0.4 is 4.90 Å². The maximum Gasteiger partial charge on any atom is 0.0916 e. The largest absolute Gasteiger partial charge is 0.363 e. The van der Waals surface area contributed by atoms with Crippen molar-refractivity contribution in [1.82, 2.24) is 0 Å². The average Bonchev–Trinajstić information content (AvgIpc) is 3.06. The van der Waals surface area contributed by atoms with Crippen LogP contribution in [0.5, 0.6) is 0 Å². The molecular weight excluding hydrogens is 318 g/mol. The highest BCUT2D eigenvalue weighted by Crippen LogP contribution is 2.34. The summed E-state index contributed by atoms with van der Waals surface area (Å²) in [5, 5.41) is 8.93. The lowest BCUT2D eigenvalue weighted by Crippen LogP contribution is -2.14. The van der Waals surface area contributed by atoms with Crippen LogP contribution in [0.2, 0.25) is 0 Å². The minimum atomic E-state index is 0.883. The Morgan fingerprint density at radius 1 is 0.731 bits per heavy atom. The van der Waals surface area contributed by atoms with Crippen LogP contribution in [0.1, 0.15) is 27.8 Å². The molecule has 0 aliphatic carbocycles. The second-order valence-electron chi connectivity index (χ2n) is 7.09. The fraction of sp³-hybridized carbons (Fsp3) is 0.217. The Hall–Kier alpha value is -2.94. The van der Waals surface area contributed by atoms with Crippen LogP contribution in [0, 0.1) is 20.8 Å². The molecule has 0 N–H and O–H groups in total. The van der Waals surface area contributed by atoms with Crippen LogP contribution in [-0.2, 0) is 13.1 Å². The first kappa shape index (κ1) is 16.5. The van der Waals surface area contributed by atoms with Crippen molar-refractivity contribution < 1.29 is 0 Å². The van der Waals surface area contributed by atoms with Gasteiger partial charge < -0.3 is 4.90 Å². The van der Waals surface area contributed by atoms with E-state index in [-0.39, 0.29) is 0 Å². The molecule has 0 spiro atoms. The smallest absolute Gasteiger partial charge is 0.0916 e. The number of rotatable bonds is 3. The van der Waals surface area contributed by atoms with Crippen LogP contribution in [0.3, 0.4) is 0 Å². The molecule has 3 heteroatoms. The Kier molecular flexibility index (Phi) is 4.29. The van der Waals surface area contributed by atoms with Crippen molar-refractivity contribution in [3.63, 3.8) is 0 Å². The molecule has 0 radical (unpaired) electrons. The zero-order valence-corrected chi connectivity index (χ0v) is 15.5. The summed E-state index contributed by atoms with van der Waals surface area (Å²) in [6, 6.07) is 21.2. The number of nitrogens with zero attached hydrogens (tertiary/aromatic N) is 3. The highest BCUT2D eigenvalue weighted by atomic mass is 15.1. The van der Waals surface area contributed by atoms with E-state index < -0.39 is 0 Å². The predicted octanol–water partition coefficient (Wildman–Crippen LogP) is 6.55. The summed E-state index contributed by atoms with van der Waals surface area (Å²) < 4.78 is 0. The van der Waals surface area contributed by atoms with Gasteiger partial charge in [0.05, 0.1) is 11.4 Å². The summed E-state index contributed by atoms with van der Waals surface area (Å²) in [5.41, 5.74) is 9.49. The van der Waals surface area contributed by atoms with E-state index in [9.17, 15) is 0 Å². The second kappa shape index (κ2) is 6.75. The van der Waals surface area contributed by atoms with Crippen LogP contribution in [0.15, 0.2) is 70.9 Å². The van der Waals surface area contributed by atoms with Crippen molar-refractivity contribution in [3.8, 4) is 0 Å². The SMILES string of the molecule is Cc1ccc(N=Nc2c(C)cc(N3Cc4ccccc4C3)cc2C)cc1. The molecule has 1 heterocycles. The zero-order valence-electron chi connectivity index (χ0n) is 15.5. The number of anilines is 1. The first-order valence-corrected chi connectivity index (χ1v) is 9.01. The lowest BCUT2D eigenvalue weighted by Gasteiger charge is -2.20. The zero-order chi connectivity index (χ0) is 18.1. The molecule has 0 amide bonds. The summed E-state index contributed by atoms with van der Waals surface area (Å²) in [7, 11) is 0. The van der Waals surface area contributed by atoms with Crippen LogP contribution in [0.4, 0.5) is 17.1 Å². The van der Waals surface area contributed by atoms with E-state index in [1.807, 2.05) is 12.1 Å². The van der Waals surface area contributed by atoms with Gasteiger partial charge in [-0.05, 0) is 67.3 Å². The van der Waals surface area contributed by atoms with Gasteiger partial charge in [0.2, 0.25) is 0 Å². The number of azo groups is 1. The highest BCUT2D eigenvalue weighted by Gasteiger charge is 2.19. The van der Waals surface area contributed by atoms with Crippen molar-refractivity contribution in [1.29, 1.82) is 0 Å². The fourth-order valence-corrected chi connectivity index (χ4v) is 3.51. The Balaban J connectivity index is 1.59. The van der Waals surface area contributed by atoms with Gasteiger partial charge in [0.15, 0.2) is 0 Å². The maximum atomic E-state index is 4.52. The topological polar surface area (TPSA) is 28.0 Å². The number of benzene rings is 3. The first-order chi connectivity index (χ1) is 12.6. The number of hydrogen-bond acceptors (Lipinski definition) is 3. The third-order valence-electron chi connectivity index (χ3n) is 4.98. The van der Waals surface area contributed by atoms with E-state index in [0.717, 1.165) is 35.6 Å². The average molecular weight is 341 g/mol. The highest BCUT2D eigenvalue weighted by molar-refractivity contribution is 5.63. The molecule has 26 heavy (non-hydrogen) atoms. The van der Waals surface area contributed by atoms with E-state index in [2.05, 4.69) is 84.4 Å². The third-order valence-corrected chi connectivity index (χ3v) is 4.98. The Bertz CT molecular complexity index is 923. The lowest BCUT2D eigenvalue weighted by atomic mass is 10.1. The Morgan fingerprint density at radius 3 is 1.88 bits per heavy atom. The molecule has 0 bridgehead atoms. The van der Waals surface area contributed by atoms with Crippen LogP contribution in [-0.4, -0.2) is 0 Å². The van der Waals surface area contributed by atoms with Crippen molar-refractivity contribution in [3.05, 3.63) is 88.5 Å². The van der Waals surface area contributed by atoms with Gasteiger partial charge in [-0.1, -0.05) is 42.0 Å². The van der Waals surface area contributed by atoms with Gasteiger partial charge in [-0.3, -0.25) is 0 Å². The molecule has 0 atom stereocenters. The van der Waals surface area contributed by atoms with Crippen molar-refractivity contribution in [2.24, 2.45) is 10.2 Å². The summed E-state index contributed by atoms with van der Waals surface area (Å²) in [6.45, 7) is 8.25. The van der Waals surface area contributed by atoms with Gasteiger partial charge in [-0.15, -0.1) is 0 Å².